The highest BCUT2D eigenvalue weighted by atomic mass is 28.3. The molecule has 0 aromatic heterocycles. The lowest BCUT2D eigenvalue weighted by atomic mass is 9.98. The van der Waals surface area contributed by atoms with Crippen LogP contribution in [0.5, 0.6) is 0 Å². The molecule has 0 aliphatic heterocycles. The molecule has 0 saturated heterocycles. The molecule has 0 saturated carbocycles. The molecule has 0 unspecified atom stereocenters. The lowest BCUT2D eigenvalue weighted by molar-refractivity contribution is -0.0827. The summed E-state index contributed by atoms with van der Waals surface area (Å²) in [5.41, 5.74) is 2.41. The summed E-state index contributed by atoms with van der Waals surface area (Å²) in [7, 11) is -1.04. The normalized spacial score (nSPS) is 17.4. The van der Waals surface area contributed by atoms with Crippen LogP contribution >= 0.6 is 0 Å². The second-order valence-corrected chi connectivity index (χ2v) is 12.2. The van der Waals surface area contributed by atoms with Gasteiger partial charge in [0, 0.05) is 0 Å². The maximum absolute atomic E-state index is 6.11. The van der Waals surface area contributed by atoms with Crippen LogP contribution in [0.3, 0.4) is 0 Å². The van der Waals surface area contributed by atoms with Gasteiger partial charge in [0.25, 0.3) is 0 Å². The number of rotatable bonds is 6. The second-order valence-electron chi connectivity index (χ2n) is 7.16. The van der Waals surface area contributed by atoms with Gasteiger partial charge in [0.15, 0.2) is 0 Å². The van der Waals surface area contributed by atoms with Crippen molar-refractivity contribution in [1.82, 2.24) is 0 Å². The van der Waals surface area contributed by atoms with Crippen molar-refractivity contribution < 1.29 is 4.74 Å². The summed E-state index contributed by atoms with van der Waals surface area (Å²) >= 11 is 0. The number of ether oxygens (including phenoxy) is 1. The second kappa shape index (κ2) is 6.74. The van der Waals surface area contributed by atoms with Crippen molar-refractivity contribution >= 4 is 8.07 Å². The number of hydrogen-bond acceptors (Lipinski definition) is 1. The molecule has 0 bridgehead atoms. The highest BCUT2D eigenvalue weighted by molar-refractivity contribution is 6.80. The molecule has 1 nitrogen and oxygen atoms in total. The van der Waals surface area contributed by atoms with Crippen molar-refractivity contribution in [2.24, 2.45) is 5.92 Å². The Balaban J connectivity index is 4.27. The van der Waals surface area contributed by atoms with E-state index in [9.17, 15) is 0 Å². The van der Waals surface area contributed by atoms with E-state index < -0.39 is 8.07 Å². The third kappa shape index (κ3) is 9.60. The van der Waals surface area contributed by atoms with Gasteiger partial charge in [0.1, 0.15) is 0 Å². The monoisotopic (exact) mass is 256 g/mol. The number of hydrogen-bond donors (Lipinski definition) is 0. The fraction of sp³-hybridized carbons (Fsp3) is 0.867. The van der Waals surface area contributed by atoms with Crippen LogP contribution in [0.25, 0.3) is 0 Å². The zero-order valence-electron chi connectivity index (χ0n) is 13.1. The summed E-state index contributed by atoms with van der Waals surface area (Å²) in [4.78, 5) is 0. The Hall–Kier alpha value is -0.0831. The smallest absolute Gasteiger partial charge is 0.0682 e. The first kappa shape index (κ1) is 16.9. The van der Waals surface area contributed by atoms with Crippen LogP contribution in [-0.2, 0) is 4.74 Å². The third-order valence-electron chi connectivity index (χ3n) is 2.67. The fourth-order valence-corrected chi connectivity index (χ4v) is 2.69. The minimum atomic E-state index is -1.04. The highest BCUT2D eigenvalue weighted by Gasteiger charge is 2.21. The first-order valence-corrected chi connectivity index (χ1v) is 10.5. The first-order valence-electron chi connectivity index (χ1n) is 6.90. The van der Waals surface area contributed by atoms with Crippen LogP contribution in [0.2, 0.25) is 19.6 Å². The predicted octanol–water partition coefficient (Wildman–Crippen LogP) is 5.04. The van der Waals surface area contributed by atoms with Gasteiger partial charge in [-0.3, -0.25) is 0 Å². The third-order valence-corrected chi connectivity index (χ3v) is 3.90. The molecule has 2 heteroatoms. The maximum Gasteiger partial charge on any atom is 0.0682 e. The van der Waals surface area contributed by atoms with Gasteiger partial charge in [-0.25, -0.2) is 0 Å². The van der Waals surface area contributed by atoms with Crippen LogP contribution in [0, 0.1) is 5.92 Å². The highest BCUT2D eigenvalue weighted by Crippen LogP contribution is 2.22. The molecule has 0 aliphatic rings. The minimum absolute atomic E-state index is 0.0303. The summed E-state index contributed by atoms with van der Waals surface area (Å²) in [5, 5.41) is 0. The molecular weight excluding hydrogens is 224 g/mol. The largest absolute Gasteiger partial charge is 0.372 e. The van der Waals surface area contributed by atoms with Crippen LogP contribution in [0.15, 0.2) is 11.8 Å². The molecule has 0 aromatic carbocycles. The van der Waals surface area contributed by atoms with Gasteiger partial charge >= 0.3 is 0 Å². The maximum atomic E-state index is 6.11. The molecule has 0 amide bonds. The molecule has 17 heavy (non-hydrogen) atoms. The van der Waals surface area contributed by atoms with Crippen molar-refractivity contribution in [3.05, 3.63) is 11.8 Å². The van der Waals surface area contributed by atoms with Gasteiger partial charge < -0.3 is 4.74 Å². The van der Waals surface area contributed by atoms with Gasteiger partial charge in [0.2, 0.25) is 0 Å². The van der Waals surface area contributed by atoms with Gasteiger partial charge in [0.05, 0.1) is 19.8 Å². The van der Waals surface area contributed by atoms with E-state index >= 15 is 0 Å². The van der Waals surface area contributed by atoms with E-state index in [1.807, 2.05) is 0 Å². The van der Waals surface area contributed by atoms with E-state index in [-0.39, 0.29) is 5.60 Å². The topological polar surface area (TPSA) is 9.23 Å². The van der Waals surface area contributed by atoms with Crippen molar-refractivity contribution in [1.29, 1.82) is 0 Å². The zero-order chi connectivity index (χ0) is 13.7. The Labute approximate surface area is 110 Å². The Kier molecular flexibility index (Phi) is 6.71. The molecule has 0 fully saturated rings. The average Bonchev–Trinajstić information content (AvgIpc) is 2.10. The average molecular weight is 257 g/mol. The van der Waals surface area contributed by atoms with E-state index in [0.29, 0.717) is 12.0 Å². The first-order chi connectivity index (χ1) is 7.55. The van der Waals surface area contributed by atoms with E-state index in [4.69, 9.17) is 4.74 Å². The summed E-state index contributed by atoms with van der Waals surface area (Å²) in [6, 6.07) is 0. The Bertz CT molecular complexity index is 232. The predicted molar refractivity (Wildman–Crippen MR) is 81.2 cm³/mol. The van der Waals surface area contributed by atoms with Crippen molar-refractivity contribution in [3.63, 3.8) is 0 Å². The van der Waals surface area contributed by atoms with E-state index in [0.717, 1.165) is 12.8 Å². The zero-order valence-corrected chi connectivity index (χ0v) is 14.1. The SMILES string of the molecule is CC[C@@H](OC(C)(C)C)[C@H](C)C/C=C/[Si](C)(C)C. The van der Waals surface area contributed by atoms with Crippen LogP contribution in [-0.4, -0.2) is 19.8 Å². The molecule has 0 N–H and O–H groups in total. The van der Waals surface area contributed by atoms with E-state index in [2.05, 4.69) is 66.0 Å². The van der Waals surface area contributed by atoms with E-state index in [1.54, 1.807) is 0 Å². The van der Waals surface area contributed by atoms with Gasteiger partial charge in [-0.05, 0) is 39.5 Å². The van der Waals surface area contributed by atoms with Crippen LogP contribution < -0.4 is 0 Å². The van der Waals surface area contributed by atoms with Crippen LogP contribution in [0.1, 0.15) is 47.5 Å². The van der Waals surface area contributed by atoms with Crippen LogP contribution in [0.4, 0.5) is 0 Å². The number of allylic oxidation sites excluding steroid dienone is 1. The molecule has 2 atom stereocenters. The Morgan fingerprint density at radius 2 is 1.71 bits per heavy atom. The minimum Gasteiger partial charge on any atom is -0.372 e. The van der Waals surface area contributed by atoms with Gasteiger partial charge in [-0.2, -0.15) is 0 Å². The summed E-state index contributed by atoms with van der Waals surface area (Å²) in [5.74, 6) is 0.604. The fourth-order valence-electron chi connectivity index (χ4n) is 1.84. The molecule has 0 aromatic rings. The van der Waals surface area contributed by atoms with Gasteiger partial charge in [-0.1, -0.05) is 45.3 Å². The van der Waals surface area contributed by atoms with Crippen molar-refractivity contribution in [3.8, 4) is 0 Å². The van der Waals surface area contributed by atoms with Crippen molar-refractivity contribution in [2.75, 3.05) is 0 Å². The standard InChI is InChI=1S/C15H32OSi/c1-9-14(16-15(3,4)5)13(2)11-10-12-17(6,7)8/h10,12-14H,9,11H2,1-8H3/b12-10+/t13-,14-/m1/s1. The van der Waals surface area contributed by atoms with Gasteiger partial charge in [-0.15, -0.1) is 0 Å². The summed E-state index contributed by atoms with van der Waals surface area (Å²) in [6.07, 6.45) is 4.98. The molecule has 0 spiro atoms. The molecule has 0 aliphatic carbocycles. The van der Waals surface area contributed by atoms with Crippen molar-refractivity contribution in [2.45, 2.75) is 78.8 Å². The molecule has 0 heterocycles. The lowest BCUT2D eigenvalue weighted by Gasteiger charge is -2.30. The quantitative estimate of drug-likeness (QED) is 0.605. The molecular formula is C15H32OSi. The Morgan fingerprint density at radius 3 is 2.06 bits per heavy atom. The summed E-state index contributed by atoms with van der Waals surface area (Å²) < 4.78 is 6.11. The van der Waals surface area contributed by atoms with E-state index in [1.165, 1.54) is 0 Å². The summed E-state index contributed by atoms with van der Waals surface area (Å²) in [6.45, 7) is 18.1. The Morgan fingerprint density at radius 1 is 1.18 bits per heavy atom. The molecule has 0 radical (unpaired) electrons. The lowest BCUT2D eigenvalue weighted by Crippen LogP contribution is -2.31. The molecule has 0 rings (SSSR count). The molecule has 102 valence electrons.